The van der Waals surface area contributed by atoms with Crippen LogP contribution in [0.3, 0.4) is 0 Å². The molecular weight excluding hydrogens is 498 g/mol. The molecular formula is C28H41N7O4. The summed E-state index contributed by atoms with van der Waals surface area (Å²) < 4.78 is 7.27. The van der Waals surface area contributed by atoms with Crippen LogP contribution in [0.1, 0.15) is 63.0 Å². The predicted molar refractivity (Wildman–Crippen MR) is 151 cm³/mol. The van der Waals surface area contributed by atoms with E-state index in [1.54, 1.807) is 11.5 Å². The smallest absolute Gasteiger partial charge is 0.327 e. The number of unbranched alkanes of at least 4 members (excludes halogenated alkanes) is 1. The van der Waals surface area contributed by atoms with Crippen LogP contribution < -0.4 is 16.2 Å². The quantitative estimate of drug-likeness (QED) is 0.279. The molecule has 2 aromatic heterocycles. The number of likely N-dealkylation sites (tertiary alicyclic amines) is 1. The van der Waals surface area contributed by atoms with E-state index in [0.717, 1.165) is 69.4 Å². The van der Waals surface area contributed by atoms with Crippen molar-refractivity contribution in [2.24, 2.45) is 0 Å². The largest absolute Gasteiger partial charge is 0.481 e. The van der Waals surface area contributed by atoms with Gasteiger partial charge in [0.15, 0.2) is 11.5 Å². The molecule has 0 aliphatic carbocycles. The summed E-state index contributed by atoms with van der Waals surface area (Å²) in [7, 11) is 2.15. The maximum absolute atomic E-state index is 12.8. The average Bonchev–Trinajstić information content (AvgIpc) is 3.24. The molecule has 0 bridgehead atoms. The summed E-state index contributed by atoms with van der Waals surface area (Å²) >= 11 is 0. The number of nitrogens with zero attached hydrogens (tertiary/aromatic N) is 5. The van der Waals surface area contributed by atoms with Crippen LogP contribution >= 0.6 is 0 Å². The number of aryl methyl sites for hydroxylation is 1. The second-order valence-electron chi connectivity index (χ2n) is 10.5. The molecule has 4 N–H and O–H groups in total. The third-order valence-corrected chi connectivity index (χ3v) is 7.60. The molecule has 1 fully saturated rings. The van der Waals surface area contributed by atoms with Crippen molar-refractivity contribution in [1.82, 2.24) is 29.3 Å². The second kappa shape index (κ2) is 13.1. The van der Waals surface area contributed by atoms with Crippen molar-refractivity contribution in [2.75, 3.05) is 39.0 Å². The Morgan fingerprint density at radius 3 is 2.77 bits per heavy atom. The Bertz CT molecular complexity index is 1310. The van der Waals surface area contributed by atoms with Gasteiger partial charge >= 0.3 is 17.7 Å². The molecule has 11 nitrogen and oxygen atoms in total. The molecule has 11 heteroatoms. The van der Waals surface area contributed by atoms with E-state index in [-0.39, 0.29) is 17.5 Å². The number of rotatable bonds is 13. The SMILES string of the molecule is CCCCOc1nc(N)c2[nH]c(=O)n(CCCN(Cc3cccc(C(C)C(=O)O)c3)C3CCN(C)CC3)c2n1. The van der Waals surface area contributed by atoms with Crippen LogP contribution in [-0.2, 0) is 17.9 Å². The Balaban J connectivity index is 1.50. The minimum Gasteiger partial charge on any atom is -0.481 e. The van der Waals surface area contributed by atoms with Crippen molar-refractivity contribution < 1.29 is 14.6 Å². The first-order chi connectivity index (χ1) is 18.8. The molecule has 1 atom stereocenters. The Hall–Kier alpha value is -3.44. The van der Waals surface area contributed by atoms with Crippen molar-refractivity contribution in [3.8, 4) is 6.01 Å². The van der Waals surface area contributed by atoms with Gasteiger partial charge in [0.1, 0.15) is 5.52 Å². The lowest BCUT2D eigenvalue weighted by Crippen LogP contribution is -2.44. The Kier molecular flexibility index (Phi) is 9.58. The van der Waals surface area contributed by atoms with Gasteiger partial charge in [-0.1, -0.05) is 37.6 Å². The number of benzene rings is 1. The maximum Gasteiger partial charge on any atom is 0.327 e. The number of carboxylic acid groups (broad SMARTS) is 1. The molecule has 0 saturated carbocycles. The normalized spacial score (nSPS) is 15.7. The van der Waals surface area contributed by atoms with Crippen LogP contribution in [0.4, 0.5) is 5.82 Å². The van der Waals surface area contributed by atoms with Gasteiger partial charge in [-0.15, -0.1) is 0 Å². The van der Waals surface area contributed by atoms with Gasteiger partial charge in [-0.05, 0) is 63.9 Å². The van der Waals surface area contributed by atoms with Crippen molar-refractivity contribution >= 4 is 23.0 Å². The summed E-state index contributed by atoms with van der Waals surface area (Å²) in [5.74, 6) is -1.18. The number of hydrogen-bond donors (Lipinski definition) is 3. The number of carboxylic acids is 1. The van der Waals surface area contributed by atoms with E-state index in [0.29, 0.717) is 30.4 Å². The number of imidazole rings is 1. The zero-order valence-corrected chi connectivity index (χ0v) is 23.2. The summed E-state index contributed by atoms with van der Waals surface area (Å²) in [6.45, 7) is 8.34. The molecule has 0 amide bonds. The van der Waals surface area contributed by atoms with Gasteiger partial charge in [-0.25, -0.2) is 4.79 Å². The van der Waals surface area contributed by atoms with Crippen LogP contribution in [0.15, 0.2) is 29.1 Å². The molecule has 3 aromatic rings. The Morgan fingerprint density at radius 2 is 2.05 bits per heavy atom. The summed E-state index contributed by atoms with van der Waals surface area (Å²) in [4.78, 5) is 40.6. The lowest BCUT2D eigenvalue weighted by Gasteiger charge is -2.37. The van der Waals surface area contributed by atoms with Crippen LogP contribution in [-0.4, -0.2) is 79.7 Å². The van der Waals surface area contributed by atoms with E-state index < -0.39 is 11.9 Å². The number of ether oxygens (including phenoxy) is 1. The van der Waals surface area contributed by atoms with Crippen LogP contribution in [0.25, 0.3) is 11.2 Å². The summed E-state index contributed by atoms with van der Waals surface area (Å²) in [6, 6.07) is 8.48. The van der Waals surface area contributed by atoms with Gasteiger partial charge in [0, 0.05) is 25.7 Å². The predicted octanol–water partition coefficient (Wildman–Crippen LogP) is 3.06. The lowest BCUT2D eigenvalue weighted by atomic mass is 9.98. The molecule has 39 heavy (non-hydrogen) atoms. The standard InChI is InChI=1S/C28H41N7O4/c1-4-5-16-39-27-31-24(29)23-25(32-27)35(28(38)30-23)13-7-12-34(22-10-14-33(3)15-11-22)18-20-8-6-9-21(17-20)19(2)26(36)37/h6,8-9,17,19,22H,4-5,7,10-16,18H2,1-3H3,(H,30,38)(H,36,37)(H2,29,31,32). The molecule has 1 aliphatic heterocycles. The number of fused-ring (bicyclic) bond motifs is 1. The molecule has 3 heterocycles. The number of H-pyrrole nitrogens is 1. The Morgan fingerprint density at radius 1 is 1.28 bits per heavy atom. The summed E-state index contributed by atoms with van der Waals surface area (Å²) in [6.07, 6.45) is 4.74. The number of anilines is 1. The first kappa shape index (κ1) is 28.6. The first-order valence-electron chi connectivity index (χ1n) is 13.9. The number of piperidine rings is 1. The van der Waals surface area contributed by atoms with E-state index in [1.165, 1.54) is 0 Å². The molecule has 4 rings (SSSR count). The number of carbonyl (C=O) groups is 1. The minimum absolute atomic E-state index is 0.185. The summed E-state index contributed by atoms with van der Waals surface area (Å²) in [5, 5.41) is 9.46. The van der Waals surface area contributed by atoms with Crippen LogP contribution in [0.5, 0.6) is 6.01 Å². The summed E-state index contributed by atoms with van der Waals surface area (Å²) in [5.41, 5.74) is 8.63. The number of hydrogen-bond acceptors (Lipinski definition) is 8. The molecule has 1 aromatic carbocycles. The lowest BCUT2D eigenvalue weighted by molar-refractivity contribution is -0.138. The first-order valence-corrected chi connectivity index (χ1v) is 13.9. The van der Waals surface area contributed by atoms with Crippen molar-refractivity contribution in [3.05, 3.63) is 45.9 Å². The van der Waals surface area contributed by atoms with Crippen molar-refractivity contribution in [3.63, 3.8) is 0 Å². The fraction of sp³-hybridized carbons (Fsp3) is 0.571. The van der Waals surface area contributed by atoms with Gasteiger partial charge in [-0.3, -0.25) is 14.3 Å². The van der Waals surface area contributed by atoms with E-state index in [4.69, 9.17) is 10.5 Å². The number of nitrogen functional groups attached to an aromatic ring is 1. The minimum atomic E-state index is -0.827. The third kappa shape index (κ3) is 7.15. The number of aromatic nitrogens is 4. The van der Waals surface area contributed by atoms with Crippen LogP contribution in [0.2, 0.25) is 0 Å². The molecule has 1 saturated heterocycles. The van der Waals surface area contributed by atoms with Gasteiger partial charge in [0.2, 0.25) is 0 Å². The van der Waals surface area contributed by atoms with E-state index in [2.05, 4.69) is 44.8 Å². The van der Waals surface area contributed by atoms with Gasteiger partial charge < -0.3 is 25.5 Å². The van der Waals surface area contributed by atoms with E-state index in [9.17, 15) is 14.7 Å². The number of aromatic amines is 1. The fourth-order valence-corrected chi connectivity index (χ4v) is 5.13. The number of aliphatic carboxylic acids is 1. The highest BCUT2D eigenvalue weighted by atomic mass is 16.5. The third-order valence-electron chi connectivity index (χ3n) is 7.60. The highest BCUT2D eigenvalue weighted by Gasteiger charge is 2.24. The van der Waals surface area contributed by atoms with Gasteiger partial charge in [0.05, 0.1) is 12.5 Å². The highest BCUT2D eigenvalue weighted by Crippen LogP contribution is 2.23. The van der Waals surface area contributed by atoms with Crippen molar-refractivity contribution in [2.45, 2.75) is 71.0 Å². The van der Waals surface area contributed by atoms with E-state index >= 15 is 0 Å². The maximum atomic E-state index is 12.8. The zero-order valence-electron chi connectivity index (χ0n) is 23.2. The Labute approximate surface area is 229 Å². The monoisotopic (exact) mass is 539 g/mol. The van der Waals surface area contributed by atoms with Gasteiger partial charge in [-0.2, -0.15) is 9.97 Å². The molecule has 212 valence electrons. The molecule has 0 radical (unpaired) electrons. The average molecular weight is 540 g/mol. The number of nitrogens with two attached hydrogens (primary N) is 1. The topological polar surface area (TPSA) is 143 Å². The van der Waals surface area contributed by atoms with E-state index in [1.807, 2.05) is 18.2 Å². The van der Waals surface area contributed by atoms with Crippen LogP contribution in [0, 0.1) is 0 Å². The molecule has 1 aliphatic rings. The molecule has 0 spiro atoms. The zero-order chi connectivity index (χ0) is 27.9. The molecule has 1 unspecified atom stereocenters. The second-order valence-corrected chi connectivity index (χ2v) is 10.5. The fourth-order valence-electron chi connectivity index (χ4n) is 5.13. The number of nitrogens with one attached hydrogen (secondary N) is 1. The highest BCUT2D eigenvalue weighted by molar-refractivity contribution is 5.81. The van der Waals surface area contributed by atoms with Crippen molar-refractivity contribution in [1.29, 1.82) is 0 Å². The van der Waals surface area contributed by atoms with Gasteiger partial charge in [0.25, 0.3) is 0 Å².